The predicted molar refractivity (Wildman–Crippen MR) is 82.0 cm³/mol. The molecule has 0 atom stereocenters. The highest BCUT2D eigenvalue weighted by Crippen LogP contribution is 2.38. The van der Waals surface area contributed by atoms with Crippen molar-refractivity contribution < 1.29 is 9.59 Å². The second-order valence-corrected chi connectivity index (χ2v) is 5.39. The second-order valence-electron chi connectivity index (χ2n) is 4.31. The van der Waals surface area contributed by atoms with Crippen molar-refractivity contribution in [1.82, 2.24) is 0 Å². The average molecular weight is 296 g/mol. The lowest BCUT2D eigenvalue weighted by Crippen LogP contribution is -1.84. The molecule has 5 heteroatoms. The molecule has 2 rings (SSSR count). The Morgan fingerprint density at radius 2 is 1.24 bits per heavy atom. The van der Waals surface area contributed by atoms with Crippen LogP contribution in [0.2, 0.25) is 0 Å². The average Bonchev–Trinajstić information content (AvgIpc) is 2.48. The van der Waals surface area contributed by atoms with Gasteiger partial charge in [-0.25, -0.2) is 9.59 Å². The monoisotopic (exact) mass is 296 g/mol. The smallest absolute Gasteiger partial charge is 0.211 e. The Balaban J connectivity index is 2.43. The number of carbonyl (C=O) groups excluding carboxylic acids is 2. The van der Waals surface area contributed by atoms with E-state index in [1.807, 2.05) is 38.1 Å². The van der Waals surface area contributed by atoms with Crippen LogP contribution in [0, 0.1) is 13.8 Å². The van der Waals surface area contributed by atoms with Gasteiger partial charge in [0.1, 0.15) is 0 Å². The van der Waals surface area contributed by atoms with E-state index in [4.69, 9.17) is 0 Å². The van der Waals surface area contributed by atoms with Crippen LogP contribution in [0.15, 0.2) is 56.2 Å². The summed E-state index contributed by atoms with van der Waals surface area (Å²) in [7, 11) is 0. The molecule has 0 aliphatic heterocycles. The molecule has 0 radical (unpaired) electrons. The van der Waals surface area contributed by atoms with Crippen LogP contribution in [0.4, 0.5) is 11.4 Å². The zero-order valence-corrected chi connectivity index (χ0v) is 12.4. The number of isocyanates is 2. The lowest BCUT2D eigenvalue weighted by Gasteiger charge is -2.10. The maximum Gasteiger partial charge on any atom is 0.240 e. The van der Waals surface area contributed by atoms with E-state index in [2.05, 4.69) is 9.98 Å². The Morgan fingerprint density at radius 1 is 0.810 bits per heavy atom. The lowest BCUT2D eigenvalue weighted by molar-refractivity contribution is 0.564. The van der Waals surface area contributed by atoms with Gasteiger partial charge in [-0.3, -0.25) is 0 Å². The summed E-state index contributed by atoms with van der Waals surface area (Å²) in [6.45, 7) is 3.81. The molecule has 0 saturated heterocycles. The van der Waals surface area contributed by atoms with Gasteiger partial charge in [0, 0.05) is 9.79 Å². The molecule has 0 N–H and O–H groups in total. The lowest BCUT2D eigenvalue weighted by atomic mass is 10.2. The van der Waals surface area contributed by atoms with Crippen LogP contribution in [0.3, 0.4) is 0 Å². The van der Waals surface area contributed by atoms with Crippen LogP contribution >= 0.6 is 11.8 Å². The molecule has 21 heavy (non-hydrogen) atoms. The molecule has 4 nitrogen and oxygen atoms in total. The first-order valence-corrected chi connectivity index (χ1v) is 7.02. The van der Waals surface area contributed by atoms with E-state index in [9.17, 15) is 9.59 Å². The number of aliphatic imine (C=N–C) groups is 2. The van der Waals surface area contributed by atoms with Gasteiger partial charge in [-0.1, -0.05) is 23.9 Å². The highest BCUT2D eigenvalue weighted by atomic mass is 32.2. The minimum absolute atomic E-state index is 0.606. The standard InChI is InChI=1S/C16H12N2O2S/c1-11-13(17-9-19)5-3-7-15(11)21-16-8-4-6-14(12(16)2)18-10-20/h3-8H,1-2H3. The summed E-state index contributed by atoms with van der Waals surface area (Å²) in [6.07, 6.45) is 3.12. The molecule has 0 unspecified atom stereocenters. The topological polar surface area (TPSA) is 58.9 Å². The first-order chi connectivity index (χ1) is 10.2. The van der Waals surface area contributed by atoms with Crippen molar-refractivity contribution in [1.29, 1.82) is 0 Å². The number of hydrogen-bond donors (Lipinski definition) is 0. The highest BCUT2D eigenvalue weighted by molar-refractivity contribution is 7.99. The Kier molecular flexibility index (Phi) is 4.85. The fourth-order valence-electron chi connectivity index (χ4n) is 1.89. The molecular weight excluding hydrogens is 284 g/mol. The molecule has 0 aromatic heterocycles. The van der Waals surface area contributed by atoms with Crippen molar-refractivity contribution in [2.24, 2.45) is 9.98 Å². The summed E-state index contributed by atoms with van der Waals surface area (Å²) in [4.78, 5) is 30.2. The van der Waals surface area contributed by atoms with Crippen LogP contribution in [0.25, 0.3) is 0 Å². The van der Waals surface area contributed by atoms with Crippen LogP contribution in [0.1, 0.15) is 11.1 Å². The van der Waals surface area contributed by atoms with Crippen LogP contribution < -0.4 is 0 Å². The van der Waals surface area contributed by atoms with Gasteiger partial charge in [-0.15, -0.1) is 0 Å². The maximum atomic E-state index is 10.4. The number of hydrogen-bond acceptors (Lipinski definition) is 5. The molecule has 0 aliphatic carbocycles. The van der Waals surface area contributed by atoms with E-state index in [-0.39, 0.29) is 0 Å². The minimum Gasteiger partial charge on any atom is -0.211 e. The highest BCUT2D eigenvalue weighted by Gasteiger charge is 2.09. The van der Waals surface area contributed by atoms with Crippen molar-refractivity contribution in [3.8, 4) is 0 Å². The molecular formula is C16H12N2O2S. The molecule has 0 saturated carbocycles. The molecule has 104 valence electrons. The van der Waals surface area contributed by atoms with E-state index in [0.717, 1.165) is 20.9 Å². The van der Waals surface area contributed by atoms with Gasteiger partial charge in [0.2, 0.25) is 12.2 Å². The summed E-state index contributed by atoms with van der Waals surface area (Å²) in [5.74, 6) is 0. The first kappa shape index (κ1) is 14.9. The summed E-state index contributed by atoms with van der Waals surface area (Å²) in [5, 5.41) is 0. The number of benzene rings is 2. The predicted octanol–water partition coefficient (Wildman–Crippen LogP) is 4.39. The van der Waals surface area contributed by atoms with Crippen molar-refractivity contribution in [2.75, 3.05) is 0 Å². The summed E-state index contributed by atoms with van der Waals surface area (Å²) < 4.78 is 0. The van der Waals surface area contributed by atoms with E-state index >= 15 is 0 Å². The largest absolute Gasteiger partial charge is 0.240 e. The van der Waals surface area contributed by atoms with Crippen LogP contribution in [0.5, 0.6) is 0 Å². The Bertz CT molecular complexity index is 708. The van der Waals surface area contributed by atoms with Crippen LogP contribution in [-0.4, -0.2) is 12.2 Å². The molecule has 2 aromatic rings. The summed E-state index contributed by atoms with van der Waals surface area (Å²) in [5.41, 5.74) is 3.04. The van der Waals surface area contributed by atoms with Crippen molar-refractivity contribution in [3.63, 3.8) is 0 Å². The van der Waals surface area contributed by atoms with Crippen molar-refractivity contribution in [2.45, 2.75) is 23.6 Å². The van der Waals surface area contributed by atoms with Gasteiger partial charge in [-0.2, -0.15) is 9.98 Å². The second kappa shape index (κ2) is 6.82. The molecule has 0 spiro atoms. The summed E-state index contributed by atoms with van der Waals surface area (Å²) >= 11 is 1.54. The Hall–Kier alpha value is -2.45. The molecule has 2 aromatic carbocycles. The molecule has 0 aliphatic rings. The Labute approximate surface area is 126 Å². The minimum atomic E-state index is 0.606. The fourth-order valence-corrected chi connectivity index (χ4v) is 2.93. The molecule has 0 amide bonds. The van der Waals surface area contributed by atoms with E-state index in [0.29, 0.717) is 11.4 Å². The normalized spacial score (nSPS) is 9.62. The maximum absolute atomic E-state index is 10.4. The quantitative estimate of drug-likeness (QED) is 0.621. The number of nitrogens with zero attached hydrogens (tertiary/aromatic N) is 2. The SMILES string of the molecule is Cc1c(N=C=O)cccc1Sc1cccc(N=C=O)c1C. The van der Waals surface area contributed by atoms with Crippen molar-refractivity contribution >= 4 is 35.3 Å². The van der Waals surface area contributed by atoms with Gasteiger partial charge < -0.3 is 0 Å². The Morgan fingerprint density at radius 3 is 1.62 bits per heavy atom. The molecule has 0 fully saturated rings. The third-order valence-electron chi connectivity index (χ3n) is 3.06. The summed E-state index contributed by atoms with van der Waals surface area (Å²) in [6, 6.07) is 11.1. The van der Waals surface area contributed by atoms with Crippen molar-refractivity contribution in [3.05, 3.63) is 47.5 Å². The van der Waals surface area contributed by atoms with E-state index < -0.39 is 0 Å². The molecule has 0 heterocycles. The zero-order chi connectivity index (χ0) is 15.2. The van der Waals surface area contributed by atoms with Gasteiger partial charge in [0.25, 0.3) is 0 Å². The van der Waals surface area contributed by atoms with Gasteiger partial charge in [0.05, 0.1) is 11.4 Å². The van der Waals surface area contributed by atoms with Crippen LogP contribution in [-0.2, 0) is 9.59 Å². The third-order valence-corrected chi connectivity index (χ3v) is 4.39. The van der Waals surface area contributed by atoms with E-state index in [1.54, 1.807) is 36.1 Å². The zero-order valence-electron chi connectivity index (χ0n) is 11.6. The fraction of sp³-hybridized carbons (Fsp3) is 0.125. The van der Waals surface area contributed by atoms with Gasteiger partial charge in [-0.05, 0) is 49.2 Å². The third kappa shape index (κ3) is 3.36. The number of rotatable bonds is 4. The van der Waals surface area contributed by atoms with Gasteiger partial charge in [0.15, 0.2) is 0 Å². The first-order valence-electron chi connectivity index (χ1n) is 6.20. The van der Waals surface area contributed by atoms with Gasteiger partial charge >= 0.3 is 0 Å². The van der Waals surface area contributed by atoms with E-state index in [1.165, 1.54) is 0 Å². The molecule has 0 bridgehead atoms.